The van der Waals surface area contributed by atoms with E-state index in [1.165, 1.54) is 0 Å². The zero-order valence-corrected chi connectivity index (χ0v) is 8.19. The molecule has 0 atom stereocenters. The van der Waals surface area contributed by atoms with Gasteiger partial charge in [-0.25, -0.2) is 9.48 Å². The van der Waals surface area contributed by atoms with Gasteiger partial charge in [0.25, 0.3) is 0 Å². The molecular formula is C9H13N3O2. The summed E-state index contributed by atoms with van der Waals surface area (Å²) in [5, 5.41) is 7.78. The number of hydrogen-bond acceptors (Lipinski definition) is 4. The Morgan fingerprint density at radius 3 is 3.21 bits per heavy atom. The van der Waals surface area contributed by atoms with E-state index in [1.54, 1.807) is 11.6 Å². The predicted molar refractivity (Wildman–Crippen MR) is 48.9 cm³/mol. The van der Waals surface area contributed by atoms with Crippen molar-refractivity contribution < 1.29 is 9.53 Å². The number of fused-ring (bicyclic) bond motifs is 1. The molecule has 76 valence electrons. The van der Waals surface area contributed by atoms with Crippen LogP contribution in [-0.4, -0.2) is 27.6 Å². The number of aromatic nitrogens is 3. The molecular weight excluding hydrogens is 182 g/mol. The Hall–Kier alpha value is -1.39. The van der Waals surface area contributed by atoms with E-state index in [0.29, 0.717) is 12.3 Å². The van der Waals surface area contributed by atoms with Gasteiger partial charge in [0.1, 0.15) is 0 Å². The zero-order chi connectivity index (χ0) is 9.97. The molecule has 14 heavy (non-hydrogen) atoms. The van der Waals surface area contributed by atoms with E-state index in [9.17, 15) is 4.79 Å². The monoisotopic (exact) mass is 195 g/mol. The summed E-state index contributed by atoms with van der Waals surface area (Å²) in [6.07, 6.45) is 3.08. The lowest BCUT2D eigenvalue weighted by molar-refractivity contribution is 0.0517. The van der Waals surface area contributed by atoms with Crippen LogP contribution in [0, 0.1) is 0 Å². The highest BCUT2D eigenvalue weighted by Crippen LogP contribution is 2.16. The number of nitrogens with zero attached hydrogens (tertiary/aromatic N) is 3. The lowest BCUT2D eigenvalue weighted by Gasteiger charge is -2.12. The van der Waals surface area contributed by atoms with Crippen molar-refractivity contribution in [2.24, 2.45) is 0 Å². The summed E-state index contributed by atoms with van der Waals surface area (Å²) in [7, 11) is 0. The number of aryl methyl sites for hydroxylation is 1. The van der Waals surface area contributed by atoms with Gasteiger partial charge in [0.05, 0.1) is 12.3 Å². The molecule has 1 aromatic rings. The Bertz CT molecular complexity index is 346. The summed E-state index contributed by atoms with van der Waals surface area (Å²) >= 11 is 0. The van der Waals surface area contributed by atoms with Gasteiger partial charge in [-0.1, -0.05) is 5.21 Å². The molecule has 0 aliphatic carbocycles. The van der Waals surface area contributed by atoms with Crippen molar-refractivity contribution in [1.82, 2.24) is 15.0 Å². The SMILES string of the molecule is CCOC(=O)c1nnn2c1CCCC2. The Labute approximate surface area is 82.1 Å². The number of carbonyl (C=O) groups is 1. The van der Waals surface area contributed by atoms with Gasteiger partial charge in [0, 0.05) is 6.54 Å². The summed E-state index contributed by atoms with van der Waals surface area (Å²) in [5.74, 6) is -0.351. The fraction of sp³-hybridized carbons (Fsp3) is 0.667. The minimum Gasteiger partial charge on any atom is -0.461 e. The molecule has 1 aliphatic heterocycles. The van der Waals surface area contributed by atoms with Crippen molar-refractivity contribution >= 4 is 5.97 Å². The predicted octanol–water partition coefficient (Wildman–Crippen LogP) is 0.791. The van der Waals surface area contributed by atoms with Crippen molar-refractivity contribution in [3.63, 3.8) is 0 Å². The molecule has 0 aromatic carbocycles. The van der Waals surface area contributed by atoms with E-state index in [1.807, 2.05) is 0 Å². The smallest absolute Gasteiger partial charge is 0.360 e. The molecule has 2 rings (SSSR count). The Morgan fingerprint density at radius 2 is 2.43 bits per heavy atom. The maximum atomic E-state index is 11.4. The molecule has 0 saturated carbocycles. The average molecular weight is 195 g/mol. The molecule has 1 aliphatic rings. The van der Waals surface area contributed by atoms with Crippen molar-refractivity contribution in [2.75, 3.05) is 6.61 Å². The van der Waals surface area contributed by atoms with E-state index >= 15 is 0 Å². The minimum atomic E-state index is -0.351. The number of rotatable bonds is 2. The molecule has 0 bridgehead atoms. The van der Waals surface area contributed by atoms with Crippen molar-refractivity contribution in [3.05, 3.63) is 11.4 Å². The quantitative estimate of drug-likeness (QED) is 0.655. The third-order valence-corrected chi connectivity index (χ3v) is 2.34. The summed E-state index contributed by atoms with van der Waals surface area (Å²) < 4.78 is 6.70. The molecule has 0 amide bonds. The first-order valence-electron chi connectivity index (χ1n) is 4.92. The van der Waals surface area contributed by atoms with Gasteiger partial charge in [0.2, 0.25) is 0 Å². The molecule has 5 nitrogen and oxygen atoms in total. The number of ether oxygens (including phenoxy) is 1. The van der Waals surface area contributed by atoms with Crippen LogP contribution in [0.2, 0.25) is 0 Å². The summed E-state index contributed by atoms with van der Waals surface area (Å²) in [4.78, 5) is 11.4. The van der Waals surface area contributed by atoms with Crippen molar-refractivity contribution in [2.45, 2.75) is 32.7 Å². The summed E-state index contributed by atoms with van der Waals surface area (Å²) in [6, 6.07) is 0. The van der Waals surface area contributed by atoms with E-state index in [0.717, 1.165) is 31.5 Å². The second-order valence-electron chi connectivity index (χ2n) is 3.29. The molecule has 1 aromatic heterocycles. The third kappa shape index (κ3) is 1.49. The number of carbonyl (C=O) groups excluding carboxylic acids is 1. The second kappa shape index (κ2) is 3.77. The minimum absolute atomic E-state index is 0.351. The summed E-state index contributed by atoms with van der Waals surface area (Å²) in [6.45, 7) is 3.03. The topological polar surface area (TPSA) is 57.0 Å². The largest absolute Gasteiger partial charge is 0.461 e. The second-order valence-corrected chi connectivity index (χ2v) is 3.29. The molecule has 0 radical (unpaired) electrons. The Morgan fingerprint density at radius 1 is 1.57 bits per heavy atom. The molecule has 0 spiro atoms. The van der Waals surface area contributed by atoms with Crippen LogP contribution in [0.1, 0.15) is 35.9 Å². The standard InChI is InChI=1S/C9H13N3O2/c1-2-14-9(13)8-7-5-3-4-6-12(7)11-10-8/h2-6H2,1H3. The molecule has 0 N–H and O–H groups in total. The van der Waals surface area contributed by atoms with E-state index in [4.69, 9.17) is 4.74 Å². The normalized spacial score (nSPS) is 14.9. The Balaban J connectivity index is 2.25. The van der Waals surface area contributed by atoms with Crippen molar-refractivity contribution in [3.8, 4) is 0 Å². The van der Waals surface area contributed by atoms with Crippen LogP contribution >= 0.6 is 0 Å². The van der Waals surface area contributed by atoms with Crippen LogP contribution < -0.4 is 0 Å². The maximum Gasteiger partial charge on any atom is 0.360 e. The fourth-order valence-corrected chi connectivity index (χ4v) is 1.67. The van der Waals surface area contributed by atoms with Crippen LogP contribution in [-0.2, 0) is 17.7 Å². The van der Waals surface area contributed by atoms with Gasteiger partial charge in [-0.05, 0) is 26.2 Å². The Kier molecular flexibility index (Phi) is 2.47. The molecule has 0 unspecified atom stereocenters. The molecule has 0 fully saturated rings. The van der Waals surface area contributed by atoms with Gasteiger partial charge < -0.3 is 4.74 Å². The summed E-state index contributed by atoms with van der Waals surface area (Å²) in [5.41, 5.74) is 1.32. The molecule has 5 heteroatoms. The zero-order valence-electron chi connectivity index (χ0n) is 8.19. The highest BCUT2D eigenvalue weighted by Gasteiger charge is 2.22. The van der Waals surface area contributed by atoms with Crippen LogP contribution in [0.4, 0.5) is 0 Å². The van der Waals surface area contributed by atoms with E-state index < -0.39 is 0 Å². The first-order valence-corrected chi connectivity index (χ1v) is 4.92. The van der Waals surface area contributed by atoms with E-state index in [-0.39, 0.29) is 5.97 Å². The highest BCUT2D eigenvalue weighted by atomic mass is 16.5. The third-order valence-electron chi connectivity index (χ3n) is 2.34. The van der Waals surface area contributed by atoms with Crippen LogP contribution in [0.5, 0.6) is 0 Å². The van der Waals surface area contributed by atoms with Crippen molar-refractivity contribution in [1.29, 1.82) is 0 Å². The van der Waals surface area contributed by atoms with E-state index in [2.05, 4.69) is 10.3 Å². The molecule has 0 saturated heterocycles. The van der Waals surface area contributed by atoms with Gasteiger partial charge >= 0.3 is 5.97 Å². The van der Waals surface area contributed by atoms with Gasteiger partial charge in [0.15, 0.2) is 5.69 Å². The maximum absolute atomic E-state index is 11.4. The highest BCUT2D eigenvalue weighted by molar-refractivity contribution is 5.88. The fourth-order valence-electron chi connectivity index (χ4n) is 1.67. The van der Waals surface area contributed by atoms with Crippen LogP contribution in [0.3, 0.4) is 0 Å². The first kappa shape index (κ1) is 9.18. The van der Waals surface area contributed by atoms with Gasteiger partial charge in [-0.2, -0.15) is 0 Å². The molecule has 2 heterocycles. The van der Waals surface area contributed by atoms with Crippen LogP contribution in [0.15, 0.2) is 0 Å². The lowest BCUT2D eigenvalue weighted by atomic mass is 10.1. The first-order chi connectivity index (χ1) is 6.83. The number of esters is 1. The van der Waals surface area contributed by atoms with Gasteiger partial charge in [-0.3, -0.25) is 0 Å². The average Bonchev–Trinajstić information content (AvgIpc) is 2.61. The number of hydrogen-bond donors (Lipinski definition) is 0. The lowest BCUT2D eigenvalue weighted by Crippen LogP contribution is -2.14. The van der Waals surface area contributed by atoms with Gasteiger partial charge in [-0.15, -0.1) is 5.10 Å². The van der Waals surface area contributed by atoms with Crippen LogP contribution in [0.25, 0.3) is 0 Å².